The molecule has 0 saturated heterocycles. The van der Waals surface area contributed by atoms with Crippen LogP contribution in [0.4, 0.5) is 5.69 Å². The van der Waals surface area contributed by atoms with E-state index in [0.717, 1.165) is 12.0 Å². The predicted molar refractivity (Wildman–Crippen MR) is 114 cm³/mol. The van der Waals surface area contributed by atoms with Gasteiger partial charge in [-0.3, -0.25) is 4.79 Å². The third-order valence-electron chi connectivity index (χ3n) is 5.29. The Morgan fingerprint density at radius 2 is 1.64 bits per heavy atom. The second-order valence-electron chi connectivity index (χ2n) is 7.50. The summed E-state index contributed by atoms with van der Waals surface area (Å²) in [5.41, 5.74) is 3.38. The van der Waals surface area contributed by atoms with Crippen molar-refractivity contribution in [3.8, 4) is 0 Å². The first-order valence-electron chi connectivity index (χ1n) is 9.57. The molecule has 0 aromatic heterocycles. The van der Waals surface area contributed by atoms with Crippen molar-refractivity contribution in [2.45, 2.75) is 58.9 Å². The smallest absolute Gasteiger partial charge is 0.255 e. The SMILES string of the molecule is CCC(C)C(C)NS(=O)(=O)c1cc(C)c(NC(=O)c2ccccc2C)cc1C. The van der Waals surface area contributed by atoms with E-state index in [0.29, 0.717) is 22.4 Å². The van der Waals surface area contributed by atoms with E-state index in [4.69, 9.17) is 0 Å². The van der Waals surface area contributed by atoms with Crippen molar-refractivity contribution in [1.82, 2.24) is 4.72 Å². The van der Waals surface area contributed by atoms with E-state index >= 15 is 0 Å². The van der Waals surface area contributed by atoms with Gasteiger partial charge in [0, 0.05) is 17.3 Å². The van der Waals surface area contributed by atoms with Crippen LogP contribution in [0.15, 0.2) is 41.3 Å². The van der Waals surface area contributed by atoms with Crippen LogP contribution in [0.3, 0.4) is 0 Å². The highest BCUT2D eigenvalue weighted by atomic mass is 32.2. The average molecular weight is 403 g/mol. The fourth-order valence-electron chi connectivity index (χ4n) is 3.01. The highest BCUT2D eigenvalue weighted by molar-refractivity contribution is 7.89. The van der Waals surface area contributed by atoms with Gasteiger partial charge in [-0.1, -0.05) is 38.5 Å². The van der Waals surface area contributed by atoms with E-state index in [1.54, 1.807) is 32.0 Å². The molecule has 2 atom stereocenters. The Morgan fingerprint density at radius 1 is 1.00 bits per heavy atom. The number of benzene rings is 2. The van der Waals surface area contributed by atoms with Crippen LogP contribution < -0.4 is 10.0 Å². The van der Waals surface area contributed by atoms with Gasteiger partial charge in [-0.05, 0) is 68.5 Å². The van der Waals surface area contributed by atoms with Gasteiger partial charge in [-0.15, -0.1) is 0 Å². The standard InChI is InChI=1S/C22H30N2O3S/c1-7-14(2)18(6)24-28(26,27)21-13-16(4)20(12-17(21)5)23-22(25)19-11-9-8-10-15(19)3/h8-14,18,24H,7H2,1-6H3,(H,23,25). The average Bonchev–Trinajstić information content (AvgIpc) is 2.63. The Balaban J connectivity index is 2.30. The fraction of sp³-hybridized carbons (Fsp3) is 0.409. The number of carbonyl (C=O) groups is 1. The van der Waals surface area contributed by atoms with Gasteiger partial charge >= 0.3 is 0 Å². The van der Waals surface area contributed by atoms with Gasteiger partial charge in [0.25, 0.3) is 5.91 Å². The number of carbonyl (C=O) groups excluding carboxylic acids is 1. The first-order valence-corrected chi connectivity index (χ1v) is 11.1. The first-order chi connectivity index (χ1) is 13.1. The second kappa shape index (κ2) is 8.88. The van der Waals surface area contributed by atoms with Crippen molar-refractivity contribution in [2.75, 3.05) is 5.32 Å². The van der Waals surface area contributed by atoms with Crippen LogP contribution in [0.1, 0.15) is 54.2 Å². The predicted octanol–water partition coefficient (Wildman–Crippen LogP) is 4.58. The third kappa shape index (κ3) is 5.00. The maximum atomic E-state index is 12.8. The number of amides is 1. The number of aryl methyl sites for hydroxylation is 3. The van der Waals surface area contributed by atoms with Crippen molar-refractivity contribution in [2.24, 2.45) is 5.92 Å². The van der Waals surface area contributed by atoms with E-state index in [1.165, 1.54) is 0 Å². The number of hydrogen-bond acceptors (Lipinski definition) is 3. The van der Waals surface area contributed by atoms with E-state index in [-0.39, 0.29) is 22.8 Å². The molecule has 2 rings (SSSR count). The summed E-state index contributed by atoms with van der Waals surface area (Å²) < 4.78 is 28.4. The summed E-state index contributed by atoms with van der Waals surface area (Å²) in [5, 5.41) is 2.90. The second-order valence-corrected chi connectivity index (χ2v) is 9.18. The molecule has 0 aliphatic rings. The molecule has 6 heteroatoms. The zero-order valence-corrected chi connectivity index (χ0v) is 18.3. The normalized spacial score (nSPS) is 13.8. The van der Waals surface area contributed by atoms with Crippen LogP contribution >= 0.6 is 0 Å². The number of anilines is 1. The van der Waals surface area contributed by atoms with Crippen molar-refractivity contribution < 1.29 is 13.2 Å². The summed E-state index contributed by atoms with van der Waals surface area (Å²) in [7, 11) is -3.63. The van der Waals surface area contributed by atoms with Gasteiger partial charge in [0.05, 0.1) is 4.90 Å². The van der Waals surface area contributed by atoms with Crippen molar-refractivity contribution >= 4 is 21.6 Å². The molecule has 2 aromatic rings. The van der Waals surface area contributed by atoms with Gasteiger partial charge < -0.3 is 5.32 Å². The topological polar surface area (TPSA) is 75.3 Å². The highest BCUT2D eigenvalue weighted by Crippen LogP contribution is 2.25. The van der Waals surface area contributed by atoms with Gasteiger partial charge in [0.15, 0.2) is 0 Å². The summed E-state index contributed by atoms with van der Waals surface area (Å²) >= 11 is 0. The van der Waals surface area contributed by atoms with Crippen LogP contribution in [0.25, 0.3) is 0 Å². The summed E-state index contributed by atoms with van der Waals surface area (Å²) in [4.78, 5) is 12.8. The van der Waals surface area contributed by atoms with E-state index < -0.39 is 10.0 Å². The fourth-order valence-corrected chi connectivity index (χ4v) is 4.67. The first kappa shape index (κ1) is 22.1. The Morgan fingerprint density at radius 3 is 2.25 bits per heavy atom. The van der Waals surface area contributed by atoms with Crippen LogP contribution in [0, 0.1) is 26.7 Å². The lowest BCUT2D eigenvalue weighted by molar-refractivity contribution is 0.102. The van der Waals surface area contributed by atoms with Gasteiger partial charge in [0.2, 0.25) is 10.0 Å². The molecular formula is C22H30N2O3S. The van der Waals surface area contributed by atoms with Gasteiger partial charge in [-0.2, -0.15) is 0 Å². The molecule has 0 aliphatic carbocycles. The Hall–Kier alpha value is -2.18. The van der Waals surface area contributed by atoms with Crippen LogP contribution in [-0.2, 0) is 10.0 Å². The maximum absolute atomic E-state index is 12.8. The van der Waals surface area contributed by atoms with E-state index in [1.807, 2.05) is 45.9 Å². The minimum atomic E-state index is -3.63. The number of nitrogens with one attached hydrogen (secondary N) is 2. The van der Waals surface area contributed by atoms with E-state index in [2.05, 4.69) is 10.0 Å². The lowest BCUT2D eigenvalue weighted by Crippen LogP contribution is -2.37. The Labute approximate surface area is 168 Å². The molecule has 0 spiro atoms. The van der Waals surface area contributed by atoms with Crippen LogP contribution in [0.2, 0.25) is 0 Å². The minimum absolute atomic E-state index is 0.157. The van der Waals surface area contributed by atoms with Crippen molar-refractivity contribution in [3.05, 3.63) is 58.7 Å². The Bertz CT molecular complexity index is 968. The van der Waals surface area contributed by atoms with Crippen molar-refractivity contribution in [3.63, 3.8) is 0 Å². The molecule has 0 bridgehead atoms. The zero-order valence-electron chi connectivity index (χ0n) is 17.5. The summed E-state index contributed by atoms with van der Waals surface area (Å²) in [6, 6.07) is 10.5. The van der Waals surface area contributed by atoms with E-state index in [9.17, 15) is 13.2 Å². The number of hydrogen-bond donors (Lipinski definition) is 2. The zero-order chi connectivity index (χ0) is 21.1. The minimum Gasteiger partial charge on any atom is -0.322 e. The molecule has 5 nitrogen and oxygen atoms in total. The quantitative estimate of drug-likeness (QED) is 0.712. The molecule has 0 saturated carbocycles. The lowest BCUT2D eigenvalue weighted by atomic mass is 10.0. The molecule has 28 heavy (non-hydrogen) atoms. The molecular weight excluding hydrogens is 372 g/mol. The third-order valence-corrected chi connectivity index (χ3v) is 6.99. The molecule has 1 amide bonds. The molecule has 0 fully saturated rings. The maximum Gasteiger partial charge on any atom is 0.255 e. The monoisotopic (exact) mass is 402 g/mol. The number of rotatable bonds is 7. The molecule has 2 unspecified atom stereocenters. The van der Waals surface area contributed by atoms with Crippen LogP contribution in [-0.4, -0.2) is 20.4 Å². The molecule has 0 aliphatic heterocycles. The highest BCUT2D eigenvalue weighted by Gasteiger charge is 2.23. The molecule has 152 valence electrons. The molecule has 0 radical (unpaired) electrons. The van der Waals surface area contributed by atoms with Crippen molar-refractivity contribution in [1.29, 1.82) is 0 Å². The molecule has 2 aromatic carbocycles. The van der Waals surface area contributed by atoms with Gasteiger partial charge in [-0.25, -0.2) is 13.1 Å². The lowest BCUT2D eigenvalue weighted by Gasteiger charge is -2.21. The summed E-state index contributed by atoms with van der Waals surface area (Å²) in [5.74, 6) is 0.0311. The summed E-state index contributed by atoms with van der Waals surface area (Å²) in [6.07, 6.45) is 0.894. The van der Waals surface area contributed by atoms with Gasteiger partial charge in [0.1, 0.15) is 0 Å². The number of sulfonamides is 1. The molecule has 2 N–H and O–H groups in total. The largest absolute Gasteiger partial charge is 0.322 e. The van der Waals surface area contributed by atoms with Crippen LogP contribution in [0.5, 0.6) is 0 Å². The summed E-state index contributed by atoms with van der Waals surface area (Å²) in [6.45, 7) is 11.4. The Kier molecular flexibility index (Phi) is 7.01. The molecule has 0 heterocycles.